The van der Waals surface area contributed by atoms with Gasteiger partial charge in [-0.2, -0.15) is 0 Å². The highest BCUT2D eigenvalue weighted by atomic mass is 19.1. The average Bonchev–Trinajstić information content (AvgIpc) is 2.60. The van der Waals surface area contributed by atoms with E-state index >= 15 is 0 Å². The SMILES string of the molecule is CNc1cc(F)cc2c1CC(=O)C(C(=O)OCc1ccncc1N)=C2. The van der Waals surface area contributed by atoms with E-state index in [0.717, 1.165) is 0 Å². The number of nitrogens with zero attached hydrogens (tertiary/aromatic N) is 1. The summed E-state index contributed by atoms with van der Waals surface area (Å²) in [5, 5.41) is 2.86. The molecule has 2 aromatic rings. The molecule has 0 atom stereocenters. The van der Waals surface area contributed by atoms with Gasteiger partial charge in [-0.25, -0.2) is 9.18 Å². The fraction of sp³-hybridized carbons (Fsp3) is 0.167. The number of aromatic nitrogens is 1. The van der Waals surface area contributed by atoms with Crippen molar-refractivity contribution in [3.8, 4) is 0 Å². The van der Waals surface area contributed by atoms with Gasteiger partial charge in [0.1, 0.15) is 18.0 Å². The largest absolute Gasteiger partial charge is 0.457 e. The van der Waals surface area contributed by atoms with Crippen molar-refractivity contribution in [2.24, 2.45) is 0 Å². The maximum absolute atomic E-state index is 13.7. The average molecular weight is 341 g/mol. The molecule has 128 valence electrons. The molecular weight excluding hydrogens is 325 g/mol. The van der Waals surface area contributed by atoms with Gasteiger partial charge in [0.2, 0.25) is 0 Å². The number of fused-ring (bicyclic) bond motifs is 1. The van der Waals surface area contributed by atoms with E-state index in [1.807, 2.05) is 0 Å². The number of carbonyl (C=O) groups is 2. The third-order valence-electron chi connectivity index (χ3n) is 3.98. The zero-order chi connectivity index (χ0) is 18.0. The van der Waals surface area contributed by atoms with Gasteiger partial charge in [-0.3, -0.25) is 9.78 Å². The Bertz CT molecular complexity index is 893. The number of benzene rings is 1. The van der Waals surface area contributed by atoms with Gasteiger partial charge < -0.3 is 15.8 Å². The molecule has 1 heterocycles. The molecule has 0 spiro atoms. The fourth-order valence-corrected chi connectivity index (χ4v) is 2.66. The normalized spacial score (nSPS) is 13.0. The lowest BCUT2D eigenvalue weighted by Crippen LogP contribution is -2.22. The minimum absolute atomic E-state index is 0.00408. The molecule has 0 saturated carbocycles. The zero-order valence-electron chi connectivity index (χ0n) is 13.5. The Kier molecular flexibility index (Phi) is 4.47. The summed E-state index contributed by atoms with van der Waals surface area (Å²) in [5.41, 5.74) is 8.29. The number of carbonyl (C=O) groups excluding carboxylic acids is 2. The van der Waals surface area contributed by atoms with Crippen LogP contribution in [0, 0.1) is 5.82 Å². The zero-order valence-corrected chi connectivity index (χ0v) is 13.5. The molecule has 7 heteroatoms. The number of anilines is 2. The fourth-order valence-electron chi connectivity index (χ4n) is 2.66. The number of rotatable bonds is 4. The number of Topliss-reactive ketones (excluding diaryl/α,β-unsaturated/α-hetero) is 1. The molecule has 1 aliphatic carbocycles. The van der Waals surface area contributed by atoms with E-state index in [9.17, 15) is 14.0 Å². The van der Waals surface area contributed by atoms with Gasteiger partial charge >= 0.3 is 5.97 Å². The van der Waals surface area contributed by atoms with E-state index in [0.29, 0.717) is 28.1 Å². The highest BCUT2D eigenvalue weighted by Gasteiger charge is 2.27. The van der Waals surface area contributed by atoms with Gasteiger partial charge in [0.15, 0.2) is 5.78 Å². The summed E-state index contributed by atoms with van der Waals surface area (Å²) in [6.07, 6.45) is 4.35. The Labute approximate surface area is 143 Å². The van der Waals surface area contributed by atoms with E-state index in [1.165, 1.54) is 30.6 Å². The van der Waals surface area contributed by atoms with Gasteiger partial charge in [-0.05, 0) is 35.4 Å². The van der Waals surface area contributed by atoms with Crippen LogP contribution in [0.15, 0.2) is 36.2 Å². The van der Waals surface area contributed by atoms with Crippen molar-refractivity contribution in [3.05, 3.63) is 58.7 Å². The van der Waals surface area contributed by atoms with Crippen LogP contribution < -0.4 is 11.1 Å². The summed E-state index contributed by atoms with van der Waals surface area (Å²) in [4.78, 5) is 28.4. The van der Waals surface area contributed by atoms with Crippen LogP contribution in [-0.2, 0) is 27.4 Å². The van der Waals surface area contributed by atoms with Crippen molar-refractivity contribution in [2.75, 3.05) is 18.1 Å². The first-order chi connectivity index (χ1) is 12.0. The molecule has 0 amide bonds. The predicted molar refractivity (Wildman–Crippen MR) is 91.1 cm³/mol. The van der Waals surface area contributed by atoms with Crippen molar-refractivity contribution >= 4 is 29.2 Å². The van der Waals surface area contributed by atoms with Crippen LogP contribution in [0.1, 0.15) is 16.7 Å². The Balaban J connectivity index is 1.84. The van der Waals surface area contributed by atoms with Gasteiger partial charge in [0.05, 0.1) is 11.9 Å². The van der Waals surface area contributed by atoms with Crippen LogP contribution in [-0.4, -0.2) is 23.8 Å². The predicted octanol–water partition coefficient (Wildman–Crippen LogP) is 2.10. The Morgan fingerprint density at radius 1 is 1.44 bits per heavy atom. The number of hydrogen-bond donors (Lipinski definition) is 2. The number of ketones is 1. The summed E-state index contributed by atoms with van der Waals surface area (Å²) in [5.74, 6) is -1.59. The van der Waals surface area contributed by atoms with E-state index in [4.69, 9.17) is 10.5 Å². The van der Waals surface area contributed by atoms with Crippen LogP contribution in [0.25, 0.3) is 6.08 Å². The van der Waals surface area contributed by atoms with Crippen molar-refractivity contribution in [3.63, 3.8) is 0 Å². The maximum atomic E-state index is 13.7. The first kappa shape index (κ1) is 16.6. The monoisotopic (exact) mass is 341 g/mol. The third-order valence-corrected chi connectivity index (χ3v) is 3.98. The number of hydrogen-bond acceptors (Lipinski definition) is 6. The van der Waals surface area contributed by atoms with Crippen molar-refractivity contribution in [1.29, 1.82) is 0 Å². The van der Waals surface area contributed by atoms with Crippen molar-refractivity contribution in [1.82, 2.24) is 4.98 Å². The number of pyridine rings is 1. The van der Waals surface area contributed by atoms with Crippen LogP contribution in [0.2, 0.25) is 0 Å². The quantitative estimate of drug-likeness (QED) is 0.653. The molecule has 0 radical (unpaired) electrons. The minimum atomic E-state index is -0.762. The summed E-state index contributed by atoms with van der Waals surface area (Å²) < 4.78 is 18.9. The van der Waals surface area contributed by atoms with Crippen LogP contribution >= 0.6 is 0 Å². The van der Waals surface area contributed by atoms with E-state index < -0.39 is 11.8 Å². The number of nitrogens with two attached hydrogens (primary N) is 1. The number of ether oxygens (including phenoxy) is 1. The first-order valence-electron chi connectivity index (χ1n) is 7.60. The van der Waals surface area contributed by atoms with E-state index in [-0.39, 0.29) is 24.4 Å². The van der Waals surface area contributed by atoms with Gasteiger partial charge in [-0.1, -0.05) is 0 Å². The number of esters is 1. The second kappa shape index (κ2) is 6.72. The molecule has 0 unspecified atom stereocenters. The van der Waals surface area contributed by atoms with E-state index in [2.05, 4.69) is 10.3 Å². The maximum Gasteiger partial charge on any atom is 0.342 e. The standard InChI is InChI=1S/C18H16FN3O3/c1-21-16-6-12(19)4-11-5-14(17(23)7-13(11)16)18(24)25-9-10-2-3-22-8-15(10)20/h2-6,8,21H,7,9,20H2,1H3. The molecule has 3 rings (SSSR count). The minimum Gasteiger partial charge on any atom is -0.457 e. The first-order valence-corrected chi connectivity index (χ1v) is 7.60. The highest BCUT2D eigenvalue weighted by Crippen LogP contribution is 2.29. The van der Waals surface area contributed by atoms with E-state index in [1.54, 1.807) is 13.1 Å². The van der Waals surface area contributed by atoms with Crippen molar-refractivity contribution < 1.29 is 18.7 Å². The molecule has 0 saturated heterocycles. The summed E-state index contributed by atoms with van der Waals surface area (Å²) in [7, 11) is 1.64. The molecule has 0 bridgehead atoms. The van der Waals surface area contributed by atoms with Gasteiger partial charge in [0, 0.05) is 30.9 Å². The Morgan fingerprint density at radius 3 is 2.96 bits per heavy atom. The van der Waals surface area contributed by atoms with Crippen molar-refractivity contribution in [2.45, 2.75) is 13.0 Å². The number of nitrogens with one attached hydrogen (secondary N) is 1. The van der Waals surface area contributed by atoms with Crippen LogP contribution in [0.4, 0.5) is 15.8 Å². The molecule has 1 aromatic carbocycles. The molecule has 1 aromatic heterocycles. The third kappa shape index (κ3) is 3.35. The number of halogens is 1. The highest BCUT2D eigenvalue weighted by molar-refractivity contribution is 6.23. The van der Waals surface area contributed by atoms with Crippen LogP contribution in [0.5, 0.6) is 0 Å². The Morgan fingerprint density at radius 2 is 2.24 bits per heavy atom. The summed E-state index contributed by atoms with van der Waals surface area (Å²) in [6, 6.07) is 4.23. The summed E-state index contributed by atoms with van der Waals surface area (Å²) >= 11 is 0. The topological polar surface area (TPSA) is 94.3 Å². The lowest BCUT2D eigenvalue weighted by molar-refractivity contribution is -0.141. The lowest BCUT2D eigenvalue weighted by atomic mass is 9.89. The Hall–Kier alpha value is -3.22. The molecular formula is C18H16FN3O3. The van der Waals surface area contributed by atoms with Crippen LogP contribution in [0.3, 0.4) is 0 Å². The number of nitrogen functional groups attached to an aromatic ring is 1. The summed E-state index contributed by atoms with van der Waals surface area (Å²) in [6.45, 7) is -0.0738. The second-order valence-corrected chi connectivity index (χ2v) is 5.58. The molecule has 6 nitrogen and oxygen atoms in total. The smallest absolute Gasteiger partial charge is 0.342 e. The molecule has 0 aliphatic heterocycles. The molecule has 25 heavy (non-hydrogen) atoms. The molecule has 1 aliphatic rings. The molecule has 0 fully saturated rings. The molecule has 3 N–H and O–H groups in total. The second-order valence-electron chi connectivity index (χ2n) is 5.58. The lowest BCUT2D eigenvalue weighted by Gasteiger charge is -2.18. The van der Waals surface area contributed by atoms with Gasteiger partial charge in [0.25, 0.3) is 0 Å². The van der Waals surface area contributed by atoms with Gasteiger partial charge in [-0.15, -0.1) is 0 Å².